The van der Waals surface area contributed by atoms with Crippen LogP contribution in [0.1, 0.15) is 112 Å². The molecule has 3 heterocycles. The molecule has 8 rings (SSSR count). The lowest BCUT2D eigenvalue weighted by atomic mass is 9.85. The van der Waals surface area contributed by atoms with Crippen LogP contribution in [-0.2, 0) is 35.6 Å². The number of aryl methyl sites for hydroxylation is 1. The predicted molar refractivity (Wildman–Crippen MR) is 229 cm³/mol. The number of halogens is 2. The molecule has 6 aliphatic rings. The van der Waals surface area contributed by atoms with Gasteiger partial charge in [0.1, 0.15) is 41.3 Å². The molecule has 4 aliphatic carbocycles. The third kappa shape index (κ3) is 9.56. The van der Waals surface area contributed by atoms with E-state index in [4.69, 9.17) is 24.2 Å². The van der Waals surface area contributed by atoms with Crippen molar-refractivity contribution < 1.29 is 50.6 Å². The van der Waals surface area contributed by atoms with Crippen molar-refractivity contribution in [2.24, 2.45) is 40.9 Å². The average Bonchev–Trinajstić information content (AvgIpc) is 4.18. The largest absolute Gasteiger partial charge is 0.497 e. The molecule has 18 heteroatoms. The number of amides is 4. The van der Waals surface area contributed by atoms with E-state index in [0.29, 0.717) is 59.5 Å². The number of fused-ring (bicyclic) bond motifs is 7. The molecule has 5 fully saturated rings. The van der Waals surface area contributed by atoms with Crippen molar-refractivity contribution in [3.05, 3.63) is 23.9 Å². The van der Waals surface area contributed by atoms with Crippen molar-refractivity contribution in [1.29, 1.82) is 0 Å². The van der Waals surface area contributed by atoms with E-state index in [0.717, 1.165) is 32.1 Å². The van der Waals surface area contributed by atoms with Crippen molar-refractivity contribution in [3.8, 4) is 11.6 Å². The molecule has 4 saturated carbocycles. The topological polar surface area (TPSA) is 195 Å². The van der Waals surface area contributed by atoms with Crippen LogP contribution in [0.25, 0.3) is 11.0 Å². The van der Waals surface area contributed by atoms with E-state index in [1.54, 1.807) is 46.9 Å². The highest BCUT2D eigenvalue weighted by atomic mass is 32.2. The zero-order chi connectivity index (χ0) is 45.8. The van der Waals surface area contributed by atoms with Gasteiger partial charge in [-0.25, -0.2) is 32.0 Å². The van der Waals surface area contributed by atoms with Crippen molar-refractivity contribution in [2.45, 2.75) is 154 Å². The summed E-state index contributed by atoms with van der Waals surface area (Å²) in [6, 6.07) is 2.83. The summed E-state index contributed by atoms with van der Waals surface area (Å²) in [7, 11) is -2.55. The summed E-state index contributed by atoms with van der Waals surface area (Å²) in [6.45, 7) is 13.1. The van der Waals surface area contributed by atoms with Gasteiger partial charge in [0.15, 0.2) is 0 Å². The van der Waals surface area contributed by atoms with E-state index in [1.807, 2.05) is 24.6 Å². The van der Waals surface area contributed by atoms with Crippen molar-refractivity contribution in [1.82, 2.24) is 30.2 Å². The Hall–Kier alpha value is -4.35. The van der Waals surface area contributed by atoms with Gasteiger partial charge >= 0.3 is 6.09 Å². The van der Waals surface area contributed by atoms with Crippen molar-refractivity contribution in [2.75, 3.05) is 13.7 Å². The molecular formula is C45H64F2N6O9S. The van der Waals surface area contributed by atoms with Crippen LogP contribution in [0.4, 0.5) is 13.6 Å². The minimum absolute atomic E-state index is 0.152. The maximum Gasteiger partial charge on any atom is 0.408 e. The number of nitrogens with one attached hydrogen (secondary N) is 3. The van der Waals surface area contributed by atoms with E-state index in [-0.39, 0.29) is 30.9 Å². The van der Waals surface area contributed by atoms with Crippen LogP contribution in [0.15, 0.2) is 18.2 Å². The normalized spacial score (nSPS) is 33.2. The summed E-state index contributed by atoms with van der Waals surface area (Å²) in [5.74, 6) is -1.90. The number of rotatable bonds is 8. The molecule has 63 heavy (non-hydrogen) atoms. The van der Waals surface area contributed by atoms with Crippen LogP contribution in [0.2, 0.25) is 0 Å². The molecule has 11 atom stereocenters. The molecule has 15 nitrogen and oxygen atoms in total. The monoisotopic (exact) mass is 902 g/mol. The highest BCUT2D eigenvalue weighted by Crippen LogP contribution is 2.62. The molecule has 1 aromatic carbocycles. The summed E-state index contributed by atoms with van der Waals surface area (Å²) in [4.78, 5) is 68.4. The molecule has 0 radical (unpaired) electrons. The van der Waals surface area contributed by atoms with Crippen LogP contribution in [0.3, 0.4) is 0 Å². The number of benzene rings is 1. The predicted octanol–water partition coefficient (Wildman–Crippen LogP) is 5.93. The zero-order valence-electron chi connectivity index (χ0n) is 37.6. The number of carbonyl (C=O) groups is 4. The molecule has 4 amide bonds. The number of hydrogen-bond donors (Lipinski definition) is 3. The highest BCUT2D eigenvalue weighted by molar-refractivity contribution is 7.91. The Kier molecular flexibility index (Phi) is 13.3. The van der Waals surface area contributed by atoms with Gasteiger partial charge < -0.3 is 29.7 Å². The minimum atomic E-state index is -4.09. The second-order valence-electron chi connectivity index (χ2n) is 19.4. The number of alkyl carbamates (subject to hydrolysis) is 1. The SMILES string of the molecule is CC.COc1ccc2nc3c(nc2c1)O[C@H]1CN(C(=O)[C@H](C(C)(C)C)NC(=O)O[C@@H]2C[C@@H]4C(C)[C@@H]4[C@H]2CCCCC3)[C@H](C(=O)N[C@]2(C(=O)NS(=O)(=O)C3CC3)C[C@H]2CC(F)F)[C@@H]1C. The first-order valence-corrected chi connectivity index (χ1v) is 24.3. The van der Waals surface area contributed by atoms with Gasteiger partial charge in [-0.15, -0.1) is 0 Å². The Bertz CT molecular complexity index is 2190. The first-order chi connectivity index (χ1) is 29.8. The maximum absolute atomic E-state index is 15.0. The minimum Gasteiger partial charge on any atom is -0.497 e. The number of methoxy groups -OCH3 is 1. The summed E-state index contributed by atoms with van der Waals surface area (Å²) in [5, 5.41) is 4.73. The first-order valence-electron chi connectivity index (χ1n) is 22.8. The molecule has 1 aromatic heterocycles. The van der Waals surface area contributed by atoms with E-state index in [9.17, 15) is 36.4 Å². The molecule has 2 aromatic rings. The molecular weight excluding hydrogens is 839 g/mol. The molecule has 0 spiro atoms. The molecule has 2 aliphatic heterocycles. The summed E-state index contributed by atoms with van der Waals surface area (Å²) < 4.78 is 73.6. The number of nitrogens with zero attached hydrogens (tertiary/aromatic N) is 3. The Balaban J connectivity index is 0.00000293. The molecule has 1 unspecified atom stereocenters. The number of carbonyl (C=O) groups excluding carboxylic acids is 4. The second kappa shape index (κ2) is 17.9. The van der Waals surface area contributed by atoms with Crippen LogP contribution < -0.4 is 24.8 Å². The van der Waals surface area contributed by atoms with E-state index < -0.39 is 92.9 Å². The maximum atomic E-state index is 15.0. The van der Waals surface area contributed by atoms with E-state index in [1.165, 1.54) is 4.90 Å². The fourth-order valence-electron chi connectivity index (χ4n) is 10.4. The van der Waals surface area contributed by atoms with Gasteiger partial charge in [0.05, 0.1) is 29.9 Å². The van der Waals surface area contributed by atoms with Crippen molar-refractivity contribution in [3.63, 3.8) is 0 Å². The van der Waals surface area contributed by atoms with Crippen LogP contribution in [-0.4, -0.2) is 102 Å². The fraction of sp³-hybridized carbons (Fsp3) is 0.733. The van der Waals surface area contributed by atoms with Gasteiger partial charge in [-0.05, 0) is 92.1 Å². The van der Waals surface area contributed by atoms with Gasteiger partial charge in [-0.1, -0.05) is 61.3 Å². The smallest absolute Gasteiger partial charge is 0.408 e. The Morgan fingerprint density at radius 3 is 2.40 bits per heavy atom. The lowest BCUT2D eigenvalue weighted by molar-refractivity contribution is -0.143. The van der Waals surface area contributed by atoms with Crippen LogP contribution in [0.5, 0.6) is 11.6 Å². The second-order valence-corrected chi connectivity index (χ2v) is 21.4. The van der Waals surface area contributed by atoms with Gasteiger partial charge in [-0.2, -0.15) is 0 Å². The van der Waals surface area contributed by atoms with Gasteiger partial charge in [-0.3, -0.25) is 19.1 Å². The Morgan fingerprint density at radius 1 is 1.00 bits per heavy atom. The van der Waals surface area contributed by atoms with Crippen molar-refractivity contribution >= 4 is 44.9 Å². The lowest BCUT2D eigenvalue weighted by Gasteiger charge is -2.36. The molecule has 3 N–H and O–H groups in total. The lowest BCUT2D eigenvalue weighted by Crippen LogP contribution is -2.61. The van der Waals surface area contributed by atoms with Crippen LogP contribution in [0, 0.1) is 40.9 Å². The third-order valence-electron chi connectivity index (χ3n) is 14.2. The standard InChI is InChI=1S/C43H58F2N6O9S.C2H6/c1-21-27-18-31-26(34(21)27)10-8-7-9-11-29-38(47-30-17-24(58-6)12-15-28(30)46-29)59-32-20-51(39(53)36(42(3,4)5)48-41(55)60-31)35(22(32)2)37(52)49-43(19-23(43)16-33(44)45)40(54)50-61(56,57)25-13-14-25;1-2/h12,15,17,21-23,25-27,31-36H,7-11,13-14,16,18-20H2,1-6H3,(H,48,55)(H,49,52)(H,50,54);1-2H3/t21?,22-,23-,26+,27-,31-,32+,34-,35+,36-,43-;/m1./s1. The number of sulfonamides is 1. The number of alkyl halides is 2. The quantitative estimate of drug-likeness (QED) is 0.285. The summed E-state index contributed by atoms with van der Waals surface area (Å²) in [6.07, 6.45) is -0.202. The first kappa shape index (κ1) is 46.6. The zero-order valence-corrected chi connectivity index (χ0v) is 38.4. The third-order valence-corrected chi connectivity index (χ3v) is 16.1. The van der Waals surface area contributed by atoms with E-state index >= 15 is 0 Å². The van der Waals surface area contributed by atoms with Gasteiger partial charge in [0, 0.05) is 18.4 Å². The molecule has 1 saturated heterocycles. The molecule has 2 bridgehead atoms. The fourth-order valence-corrected chi connectivity index (χ4v) is 11.8. The number of aromatic nitrogens is 2. The van der Waals surface area contributed by atoms with Crippen LogP contribution >= 0.6 is 0 Å². The number of hydrogen-bond acceptors (Lipinski definition) is 11. The summed E-state index contributed by atoms with van der Waals surface area (Å²) in [5.41, 5.74) is -1.09. The Labute approximate surface area is 369 Å². The molecule has 348 valence electrons. The van der Waals surface area contributed by atoms with Gasteiger partial charge in [0.2, 0.25) is 34.1 Å². The average molecular weight is 903 g/mol. The van der Waals surface area contributed by atoms with Gasteiger partial charge in [0.25, 0.3) is 5.91 Å². The highest BCUT2D eigenvalue weighted by Gasteiger charge is 2.64. The Morgan fingerprint density at radius 2 is 1.73 bits per heavy atom. The number of ether oxygens (including phenoxy) is 3. The summed E-state index contributed by atoms with van der Waals surface area (Å²) >= 11 is 0. The van der Waals surface area contributed by atoms with E-state index in [2.05, 4.69) is 17.6 Å².